The largest absolute Gasteiger partial charge is 0.509 e. The molecule has 0 aromatic carbocycles. The average Bonchev–Trinajstić information content (AvgIpc) is 2.68. The molecule has 1 aliphatic carbocycles. The van der Waals surface area contributed by atoms with Gasteiger partial charge in [-0.3, -0.25) is 0 Å². The van der Waals surface area contributed by atoms with Gasteiger partial charge < -0.3 is 14.2 Å². The Bertz CT molecular complexity index is 285. The molecule has 1 heterocycles. The van der Waals surface area contributed by atoms with Crippen LogP contribution >= 0.6 is 0 Å². The van der Waals surface area contributed by atoms with Crippen molar-refractivity contribution < 1.29 is 28.2 Å². The van der Waals surface area contributed by atoms with Crippen LogP contribution in [0.1, 0.15) is 25.7 Å². The molecule has 2 rings (SSSR count). The zero-order valence-corrected chi connectivity index (χ0v) is 8.69. The summed E-state index contributed by atoms with van der Waals surface area (Å²) in [6.45, 7) is -0.101. The zero-order chi connectivity index (χ0) is 11.5. The van der Waals surface area contributed by atoms with Crippen LogP contribution in [0.25, 0.3) is 0 Å². The van der Waals surface area contributed by atoms with Crippen molar-refractivity contribution in [2.24, 2.45) is 0 Å². The summed E-state index contributed by atoms with van der Waals surface area (Å²) in [5.74, 6) is -0.604. The van der Waals surface area contributed by atoms with Crippen LogP contribution in [0.3, 0.4) is 0 Å². The monoisotopic (exact) mass is 232 g/mol. The van der Waals surface area contributed by atoms with Crippen LogP contribution in [0.2, 0.25) is 0 Å². The minimum Gasteiger partial charge on any atom is -0.460 e. The molecule has 0 amide bonds. The molecule has 1 aliphatic heterocycles. The first-order valence-corrected chi connectivity index (χ1v) is 5.33. The second-order valence-corrected chi connectivity index (χ2v) is 3.98. The number of cyclic esters (lactones) is 2. The Balaban J connectivity index is 1.77. The maximum atomic E-state index is 12.8. The number of alkyl halides is 1. The van der Waals surface area contributed by atoms with Crippen molar-refractivity contribution in [3.63, 3.8) is 0 Å². The maximum absolute atomic E-state index is 12.8. The lowest BCUT2D eigenvalue weighted by Crippen LogP contribution is -2.32. The van der Waals surface area contributed by atoms with Gasteiger partial charge in [-0.2, -0.15) is 0 Å². The van der Waals surface area contributed by atoms with E-state index in [-0.39, 0.29) is 12.7 Å². The van der Waals surface area contributed by atoms with Crippen LogP contribution in [0.5, 0.6) is 0 Å². The number of ether oxygens (including phenoxy) is 3. The highest BCUT2D eigenvalue weighted by Gasteiger charge is 2.35. The zero-order valence-electron chi connectivity index (χ0n) is 8.69. The summed E-state index contributed by atoms with van der Waals surface area (Å²) in [5, 5.41) is 0. The fourth-order valence-corrected chi connectivity index (χ4v) is 1.82. The molecule has 2 aliphatic rings. The molecule has 0 radical (unpaired) electrons. The maximum Gasteiger partial charge on any atom is 0.509 e. The van der Waals surface area contributed by atoms with E-state index in [1.807, 2.05) is 0 Å². The number of carbonyl (C=O) groups excluding carboxylic acids is 2. The number of hydrogen-bond acceptors (Lipinski definition) is 5. The molecule has 1 saturated carbocycles. The van der Waals surface area contributed by atoms with Crippen molar-refractivity contribution in [1.82, 2.24) is 0 Å². The van der Waals surface area contributed by atoms with Gasteiger partial charge in [-0.25, -0.2) is 14.0 Å². The number of halogens is 1. The molecular formula is C10H13FO5. The van der Waals surface area contributed by atoms with Crippen molar-refractivity contribution in [1.29, 1.82) is 0 Å². The summed E-state index contributed by atoms with van der Waals surface area (Å²) in [5.41, 5.74) is 0. The van der Waals surface area contributed by atoms with Crippen molar-refractivity contribution in [2.45, 2.75) is 44.1 Å². The molecule has 0 spiro atoms. The van der Waals surface area contributed by atoms with E-state index < -0.39 is 24.4 Å². The molecule has 90 valence electrons. The molecule has 0 N–H and O–H groups in total. The van der Waals surface area contributed by atoms with E-state index in [0.717, 1.165) is 0 Å². The fourth-order valence-electron chi connectivity index (χ4n) is 1.82. The normalized spacial score (nSPS) is 34.1. The van der Waals surface area contributed by atoms with Gasteiger partial charge in [0.2, 0.25) is 6.10 Å². The smallest absolute Gasteiger partial charge is 0.460 e. The van der Waals surface area contributed by atoms with Crippen molar-refractivity contribution >= 4 is 12.1 Å². The van der Waals surface area contributed by atoms with Gasteiger partial charge in [0.25, 0.3) is 0 Å². The molecule has 0 aromatic rings. The number of rotatable bonds is 2. The van der Waals surface area contributed by atoms with Crippen LogP contribution in [0.4, 0.5) is 9.18 Å². The number of esters is 1. The molecule has 5 nitrogen and oxygen atoms in total. The van der Waals surface area contributed by atoms with Crippen LogP contribution in [-0.2, 0) is 19.0 Å². The average molecular weight is 232 g/mol. The van der Waals surface area contributed by atoms with E-state index in [0.29, 0.717) is 25.7 Å². The van der Waals surface area contributed by atoms with Crippen LogP contribution in [0.15, 0.2) is 0 Å². The summed E-state index contributed by atoms with van der Waals surface area (Å²) in [4.78, 5) is 22.1. The Kier molecular flexibility index (Phi) is 3.26. The molecule has 2 fully saturated rings. The Hall–Kier alpha value is -1.33. The first-order valence-electron chi connectivity index (χ1n) is 5.33. The van der Waals surface area contributed by atoms with Crippen molar-refractivity contribution in [3.05, 3.63) is 0 Å². The first-order chi connectivity index (χ1) is 7.65. The highest BCUT2D eigenvalue weighted by molar-refractivity contribution is 5.79. The second-order valence-electron chi connectivity index (χ2n) is 3.98. The Morgan fingerprint density at radius 1 is 1.31 bits per heavy atom. The highest BCUT2D eigenvalue weighted by Crippen LogP contribution is 2.24. The topological polar surface area (TPSA) is 61.8 Å². The second kappa shape index (κ2) is 4.67. The molecular weight excluding hydrogens is 219 g/mol. The number of carbonyl (C=O) groups is 2. The van der Waals surface area contributed by atoms with E-state index in [9.17, 15) is 14.0 Å². The standard InChI is InChI=1S/C10H13FO5/c11-6-1-3-7(4-2-6)15-9(12)8-5-14-10(13)16-8/h6-8H,1-5H2. The third-order valence-corrected chi connectivity index (χ3v) is 2.74. The minimum atomic E-state index is -0.962. The van der Waals surface area contributed by atoms with Gasteiger partial charge in [-0.15, -0.1) is 0 Å². The van der Waals surface area contributed by atoms with Gasteiger partial charge in [0, 0.05) is 0 Å². The molecule has 1 unspecified atom stereocenters. The molecule has 0 aromatic heterocycles. The summed E-state index contributed by atoms with van der Waals surface area (Å²) >= 11 is 0. The van der Waals surface area contributed by atoms with Gasteiger partial charge in [0.05, 0.1) is 0 Å². The SMILES string of the molecule is O=C1OCC(C(=O)OC2CCC(F)CC2)O1. The molecule has 0 bridgehead atoms. The van der Waals surface area contributed by atoms with Crippen molar-refractivity contribution in [3.8, 4) is 0 Å². The summed E-state index contributed by atoms with van der Waals surface area (Å²) in [7, 11) is 0. The first kappa shape index (κ1) is 11.2. The lowest BCUT2D eigenvalue weighted by atomic mass is 9.96. The van der Waals surface area contributed by atoms with E-state index >= 15 is 0 Å². The van der Waals surface area contributed by atoms with Crippen LogP contribution in [-0.4, -0.2) is 37.1 Å². The van der Waals surface area contributed by atoms with Gasteiger partial charge in [0.1, 0.15) is 18.9 Å². The third-order valence-electron chi connectivity index (χ3n) is 2.74. The fraction of sp³-hybridized carbons (Fsp3) is 0.800. The Labute approximate surface area is 91.8 Å². The molecule has 16 heavy (non-hydrogen) atoms. The summed E-state index contributed by atoms with van der Waals surface area (Å²) in [6.07, 6.45) is -0.993. The van der Waals surface area contributed by atoms with Crippen molar-refractivity contribution in [2.75, 3.05) is 6.61 Å². The van der Waals surface area contributed by atoms with E-state index in [4.69, 9.17) is 4.74 Å². The van der Waals surface area contributed by atoms with Gasteiger partial charge in [0.15, 0.2) is 0 Å². The summed E-state index contributed by atoms with van der Waals surface area (Å²) < 4.78 is 27.0. The predicted molar refractivity (Wildman–Crippen MR) is 49.5 cm³/mol. The highest BCUT2D eigenvalue weighted by atomic mass is 19.1. The molecule has 6 heteroatoms. The predicted octanol–water partition coefficient (Wildman–Crippen LogP) is 1.35. The van der Waals surface area contributed by atoms with Crippen LogP contribution < -0.4 is 0 Å². The van der Waals surface area contributed by atoms with E-state index in [1.165, 1.54) is 0 Å². The Morgan fingerprint density at radius 3 is 2.56 bits per heavy atom. The minimum absolute atomic E-state index is 0.101. The Morgan fingerprint density at radius 2 is 2.00 bits per heavy atom. The van der Waals surface area contributed by atoms with Gasteiger partial charge in [-0.05, 0) is 25.7 Å². The lowest BCUT2D eigenvalue weighted by Gasteiger charge is -2.24. The third kappa shape index (κ3) is 2.62. The molecule has 1 saturated heterocycles. The number of hydrogen-bond donors (Lipinski definition) is 0. The van der Waals surface area contributed by atoms with Crippen LogP contribution in [0, 0.1) is 0 Å². The quantitative estimate of drug-likeness (QED) is 0.672. The van der Waals surface area contributed by atoms with Gasteiger partial charge in [-0.1, -0.05) is 0 Å². The summed E-state index contributed by atoms with van der Waals surface area (Å²) in [6, 6.07) is 0. The van der Waals surface area contributed by atoms with Gasteiger partial charge >= 0.3 is 12.1 Å². The molecule has 1 atom stereocenters. The van der Waals surface area contributed by atoms with E-state index in [2.05, 4.69) is 9.47 Å². The lowest BCUT2D eigenvalue weighted by molar-refractivity contribution is -0.159. The van der Waals surface area contributed by atoms with E-state index in [1.54, 1.807) is 0 Å².